The summed E-state index contributed by atoms with van der Waals surface area (Å²) in [5.74, 6) is 0.0829. The number of para-hydroxylation sites is 3. The topological polar surface area (TPSA) is 97.0 Å². The molecule has 1 aliphatic rings. The van der Waals surface area contributed by atoms with Gasteiger partial charge in [-0.1, -0.05) is 30.3 Å². The maximum absolute atomic E-state index is 12.2. The molecule has 146 valence electrons. The van der Waals surface area contributed by atoms with E-state index in [-0.39, 0.29) is 31.4 Å². The number of anilines is 1. The van der Waals surface area contributed by atoms with Gasteiger partial charge in [-0.3, -0.25) is 30.1 Å². The summed E-state index contributed by atoms with van der Waals surface area (Å²) >= 11 is 0. The molecular weight excluding hydrogens is 362 g/mol. The van der Waals surface area contributed by atoms with Gasteiger partial charge in [0.05, 0.1) is 12.8 Å². The molecular formula is C20H21N3O5. The van der Waals surface area contributed by atoms with Crippen molar-refractivity contribution >= 4 is 23.4 Å². The second-order valence-electron chi connectivity index (χ2n) is 6.14. The molecule has 0 spiro atoms. The monoisotopic (exact) mass is 383 g/mol. The molecule has 2 aromatic carbocycles. The number of methoxy groups -OCH3 is 1. The van der Waals surface area contributed by atoms with Gasteiger partial charge in [0.15, 0.2) is 6.61 Å². The van der Waals surface area contributed by atoms with Crippen LogP contribution in [0.4, 0.5) is 5.69 Å². The van der Waals surface area contributed by atoms with E-state index in [0.29, 0.717) is 23.6 Å². The molecule has 28 heavy (non-hydrogen) atoms. The average Bonchev–Trinajstić information content (AvgIpc) is 2.73. The first kappa shape index (κ1) is 19.2. The van der Waals surface area contributed by atoms with E-state index in [4.69, 9.17) is 9.47 Å². The summed E-state index contributed by atoms with van der Waals surface area (Å²) in [5.41, 5.74) is 6.14. The molecule has 0 atom stereocenters. The molecule has 0 radical (unpaired) electrons. The molecule has 0 saturated heterocycles. The molecule has 0 saturated carbocycles. The highest BCUT2D eigenvalue weighted by atomic mass is 16.5. The first-order valence-corrected chi connectivity index (χ1v) is 8.80. The number of nitrogens with zero attached hydrogens (tertiary/aromatic N) is 1. The van der Waals surface area contributed by atoms with Crippen molar-refractivity contribution in [3.63, 3.8) is 0 Å². The summed E-state index contributed by atoms with van der Waals surface area (Å²) in [7, 11) is 1.57. The molecule has 0 aliphatic carbocycles. The number of carbonyl (C=O) groups is 3. The normalized spacial score (nSPS) is 12.6. The molecule has 0 unspecified atom stereocenters. The van der Waals surface area contributed by atoms with Crippen LogP contribution < -0.4 is 25.2 Å². The van der Waals surface area contributed by atoms with E-state index < -0.39 is 5.91 Å². The number of aryl methyl sites for hydroxylation is 1. The quantitative estimate of drug-likeness (QED) is 0.731. The molecule has 1 heterocycles. The fourth-order valence-corrected chi connectivity index (χ4v) is 2.87. The van der Waals surface area contributed by atoms with Gasteiger partial charge >= 0.3 is 0 Å². The van der Waals surface area contributed by atoms with Gasteiger partial charge in [0, 0.05) is 6.42 Å². The summed E-state index contributed by atoms with van der Waals surface area (Å²) in [6.07, 6.45) is 0.654. The van der Waals surface area contributed by atoms with Gasteiger partial charge in [-0.2, -0.15) is 0 Å². The van der Waals surface area contributed by atoms with Gasteiger partial charge < -0.3 is 9.47 Å². The van der Waals surface area contributed by atoms with Crippen LogP contribution in [0.3, 0.4) is 0 Å². The van der Waals surface area contributed by atoms with Crippen LogP contribution in [-0.4, -0.2) is 38.0 Å². The van der Waals surface area contributed by atoms with Gasteiger partial charge in [-0.05, 0) is 30.2 Å². The van der Waals surface area contributed by atoms with Crippen molar-refractivity contribution in [1.29, 1.82) is 0 Å². The molecule has 1 aliphatic heterocycles. The second kappa shape index (κ2) is 8.90. The van der Waals surface area contributed by atoms with E-state index >= 15 is 0 Å². The lowest BCUT2D eigenvalue weighted by Gasteiger charge is -2.28. The van der Waals surface area contributed by atoms with E-state index in [0.717, 1.165) is 5.56 Å². The third-order valence-electron chi connectivity index (χ3n) is 4.27. The van der Waals surface area contributed by atoms with Crippen LogP contribution in [0.15, 0.2) is 48.5 Å². The predicted octanol–water partition coefficient (Wildman–Crippen LogP) is 1.20. The molecule has 3 rings (SSSR count). The molecule has 2 aromatic rings. The van der Waals surface area contributed by atoms with Crippen molar-refractivity contribution in [2.24, 2.45) is 0 Å². The smallest absolute Gasteiger partial charge is 0.265 e. The zero-order valence-electron chi connectivity index (χ0n) is 15.4. The van der Waals surface area contributed by atoms with Crippen LogP contribution >= 0.6 is 0 Å². The lowest BCUT2D eigenvalue weighted by Crippen LogP contribution is -2.49. The summed E-state index contributed by atoms with van der Waals surface area (Å²) in [6, 6.07) is 14.4. The Bertz CT molecular complexity index is 884. The predicted molar refractivity (Wildman–Crippen MR) is 102 cm³/mol. The van der Waals surface area contributed by atoms with Crippen molar-refractivity contribution in [2.75, 3.05) is 25.2 Å². The van der Waals surface area contributed by atoms with E-state index in [1.54, 1.807) is 31.4 Å². The number of ether oxygens (including phenoxy) is 2. The van der Waals surface area contributed by atoms with Crippen molar-refractivity contribution in [1.82, 2.24) is 10.9 Å². The SMILES string of the molecule is COc1ccccc1CCC(=O)NNC(=O)CN1C(=O)COc2ccccc21. The van der Waals surface area contributed by atoms with Crippen molar-refractivity contribution in [3.8, 4) is 11.5 Å². The number of hydrazine groups is 1. The maximum Gasteiger partial charge on any atom is 0.265 e. The number of amides is 3. The Morgan fingerprint density at radius 3 is 2.61 bits per heavy atom. The minimum absolute atomic E-state index is 0.129. The molecule has 0 bridgehead atoms. The van der Waals surface area contributed by atoms with Crippen molar-refractivity contribution in [3.05, 3.63) is 54.1 Å². The van der Waals surface area contributed by atoms with Gasteiger partial charge in [0.1, 0.15) is 18.0 Å². The summed E-state index contributed by atoms with van der Waals surface area (Å²) in [5, 5.41) is 0. The van der Waals surface area contributed by atoms with Gasteiger partial charge in [0.2, 0.25) is 5.91 Å². The zero-order valence-corrected chi connectivity index (χ0v) is 15.4. The number of carbonyl (C=O) groups excluding carboxylic acids is 3. The number of hydrogen-bond donors (Lipinski definition) is 2. The number of hydrogen-bond acceptors (Lipinski definition) is 5. The Labute approximate surface area is 162 Å². The lowest BCUT2D eigenvalue weighted by atomic mass is 10.1. The fourth-order valence-electron chi connectivity index (χ4n) is 2.87. The van der Waals surface area contributed by atoms with Crippen LogP contribution in [-0.2, 0) is 20.8 Å². The Hall–Kier alpha value is -3.55. The third kappa shape index (κ3) is 4.59. The van der Waals surface area contributed by atoms with E-state index in [2.05, 4.69) is 10.9 Å². The Kier molecular flexibility index (Phi) is 6.11. The molecule has 0 aromatic heterocycles. The molecule has 0 fully saturated rings. The Morgan fingerprint density at radius 2 is 1.79 bits per heavy atom. The van der Waals surface area contributed by atoms with E-state index in [1.807, 2.05) is 24.3 Å². The maximum atomic E-state index is 12.2. The first-order chi connectivity index (χ1) is 13.6. The first-order valence-electron chi connectivity index (χ1n) is 8.80. The fraction of sp³-hybridized carbons (Fsp3) is 0.250. The molecule has 3 amide bonds. The van der Waals surface area contributed by atoms with Gasteiger partial charge in [0.25, 0.3) is 11.8 Å². The van der Waals surface area contributed by atoms with Crippen LogP contribution in [0, 0.1) is 0 Å². The van der Waals surface area contributed by atoms with Gasteiger partial charge in [-0.15, -0.1) is 0 Å². The van der Waals surface area contributed by atoms with Crippen LogP contribution in [0.5, 0.6) is 11.5 Å². The summed E-state index contributed by atoms with van der Waals surface area (Å²) < 4.78 is 10.6. The highest BCUT2D eigenvalue weighted by Crippen LogP contribution is 2.31. The standard InChI is InChI=1S/C20H21N3O5/c1-27-16-8-4-2-6-14(16)10-11-18(24)21-22-19(25)12-23-15-7-3-5-9-17(15)28-13-20(23)26/h2-9H,10-13H2,1H3,(H,21,24)(H,22,25). The van der Waals surface area contributed by atoms with Crippen molar-refractivity contribution in [2.45, 2.75) is 12.8 Å². The molecule has 8 nitrogen and oxygen atoms in total. The molecule has 8 heteroatoms. The van der Waals surface area contributed by atoms with E-state index in [1.165, 1.54) is 4.90 Å². The highest BCUT2D eigenvalue weighted by Gasteiger charge is 2.27. The molecule has 2 N–H and O–H groups in total. The van der Waals surface area contributed by atoms with Crippen LogP contribution in [0.1, 0.15) is 12.0 Å². The van der Waals surface area contributed by atoms with Crippen LogP contribution in [0.2, 0.25) is 0 Å². The van der Waals surface area contributed by atoms with Crippen molar-refractivity contribution < 1.29 is 23.9 Å². The van der Waals surface area contributed by atoms with Gasteiger partial charge in [-0.25, -0.2) is 0 Å². The lowest BCUT2D eigenvalue weighted by molar-refractivity contribution is -0.129. The zero-order chi connectivity index (χ0) is 19.9. The Morgan fingerprint density at radius 1 is 1.07 bits per heavy atom. The highest BCUT2D eigenvalue weighted by molar-refractivity contribution is 6.02. The minimum atomic E-state index is -0.504. The number of benzene rings is 2. The summed E-state index contributed by atoms with van der Waals surface area (Å²) in [4.78, 5) is 37.6. The largest absolute Gasteiger partial charge is 0.496 e. The second-order valence-corrected chi connectivity index (χ2v) is 6.14. The minimum Gasteiger partial charge on any atom is -0.496 e. The van der Waals surface area contributed by atoms with Crippen LogP contribution in [0.25, 0.3) is 0 Å². The Balaban J connectivity index is 1.49. The number of nitrogens with one attached hydrogen (secondary N) is 2. The number of rotatable bonds is 6. The number of fused-ring (bicyclic) bond motifs is 1. The van der Waals surface area contributed by atoms with E-state index in [9.17, 15) is 14.4 Å². The third-order valence-corrected chi connectivity index (χ3v) is 4.27. The summed E-state index contributed by atoms with van der Waals surface area (Å²) in [6.45, 7) is -0.346. The average molecular weight is 383 g/mol.